The van der Waals surface area contributed by atoms with Gasteiger partial charge in [0.1, 0.15) is 0 Å². The van der Waals surface area contributed by atoms with E-state index in [0.717, 1.165) is 31.5 Å². The van der Waals surface area contributed by atoms with Gasteiger partial charge in [0, 0.05) is 50.4 Å². The van der Waals surface area contributed by atoms with Crippen LogP contribution in [0.5, 0.6) is 0 Å². The van der Waals surface area contributed by atoms with Gasteiger partial charge < -0.3 is 10.2 Å². The summed E-state index contributed by atoms with van der Waals surface area (Å²) in [7, 11) is 0. The van der Waals surface area contributed by atoms with Crippen molar-refractivity contribution in [3.63, 3.8) is 0 Å². The average molecular weight is 468 g/mol. The van der Waals surface area contributed by atoms with Gasteiger partial charge in [-0.25, -0.2) is 0 Å². The molecule has 0 aliphatic carbocycles. The SMILES string of the molecule is O=C(/C=C\c1cccnc1)NCCCC(=O)N1CCC(C(c2ccccc2)c2ccccc2)CC1. The van der Waals surface area contributed by atoms with Gasteiger partial charge in [0.2, 0.25) is 11.8 Å². The summed E-state index contributed by atoms with van der Waals surface area (Å²) >= 11 is 0. The van der Waals surface area contributed by atoms with Gasteiger partial charge >= 0.3 is 0 Å². The minimum Gasteiger partial charge on any atom is -0.353 e. The molecule has 1 aromatic heterocycles. The predicted molar refractivity (Wildman–Crippen MR) is 140 cm³/mol. The van der Waals surface area contributed by atoms with Crippen molar-refractivity contribution in [3.8, 4) is 0 Å². The van der Waals surface area contributed by atoms with Gasteiger partial charge in [-0.1, -0.05) is 66.7 Å². The van der Waals surface area contributed by atoms with Crippen LogP contribution in [0, 0.1) is 5.92 Å². The van der Waals surface area contributed by atoms with E-state index in [4.69, 9.17) is 0 Å². The molecule has 1 saturated heterocycles. The van der Waals surface area contributed by atoms with Crippen LogP contribution in [0.3, 0.4) is 0 Å². The fourth-order valence-electron chi connectivity index (χ4n) is 4.85. The third kappa shape index (κ3) is 7.12. The molecule has 5 heteroatoms. The molecule has 4 rings (SSSR count). The molecule has 35 heavy (non-hydrogen) atoms. The highest BCUT2D eigenvalue weighted by Gasteiger charge is 2.30. The summed E-state index contributed by atoms with van der Waals surface area (Å²) in [5.41, 5.74) is 3.57. The third-order valence-electron chi connectivity index (χ3n) is 6.66. The molecule has 1 fully saturated rings. The Hall–Kier alpha value is -3.73. The number of benzene rings is 2. The van der Waals surface area contributed by atoms with Crippen molar-refractivity contribution < 1.29 is 9.59 Å². The lowest BCUT2D eigenvalue weighted by molar-refractivity contribution is -0.132. The normalized spacial score (nSPS) is 14.4. The average Bonchev–Trinajstić information content (AvgIpc) is 2.92. The van der Waals surface area contributed by atoms with Crippen molar-refractivity contribution in [2.45, 2.75) is 31.6 Å². The zero-order valence-corrected chi connectivity index (χ0v) is 20.1. The molecular formula is C30H33N3O2. The van der Waals surface area contributed by atoms with Gasteiger partial charge in [0.05, 0.1) is 0 Å². The van der Waals surface area contributed by atoms with Crippen molar-refractivity contribution in [2.24, 2.45) is 5.92 Å². The molecule has 2 heterocycles. The summed E-state index contributed by atoms with van der Waals surface area (Å²) in [6.07, 6.45) is 9.72. The number of rotatable bonds is 9. The van der Waals surface area contributed by atoms with Gasteiger partial charge in [-0.05, 0) is 54.0 Å². The summed E-state index contributed by atoms with van der Waals surface area (Å²) in [6, 6.07) is 25.1. The Morgan fingerprint density at radius 2 is 1.60 bits per heavy atom. The molecule has 0 saturated carbocycles. The van der Waals surface area contributed by atoms with E-state index in [2.05, 4.69) is 71.0 Å². The number of nitrogens with zero attached hydrogens (tertiary/aromatic N) is 2. The topological polar surface area (TPSA) is 62.3 Å². The number of carbonyl (C=O) groups is 2. The van der Waals surface area contributed by atoms with Crippen LogP contribution < -0.4 is 5.32 Å². The van der Waals surface area contributed by atoms with Crippen LogP contribution in [0.1, 0.15) is 48.3 Å². The fourth-order valence-corrected chi connectivity index (χ4v) is 4.85. The van der Waals surface area contributed by atoms with Crippen molar-refractivity contribution >= 4 is 17.9 Å². The van der Waals surface area contributed by atoms with Gasteiger partial charge in [0.25, 0.3) is 0 Å². The fraction of sp³-hybridized carbons (Fsp3) is 0.300. The number of amides is 2. The highest BCUT2D eigenvalue weighted by atomic mass is 16.2. The smallest absolute Gasteiger partial charge is 0.244 e. The van der Waals surface area contributed by atoms with E-state index >= 15 is 0 Å². The maximum atomic E-state index is 12.8. The molecule has 3 aromatic rings. The Morgan fingerprint density at radius 3 is 2.20 bits per heavy atom. The Labute approximate surface area is 207 Å². The largest absolute Gasteiger partial charge is 0.353 e. The first-order valence-corrected chi connectivity index (χ1v) is 12.4. The maximum Gasteiger partial charge on any atom is 0.244 e. The second-order valence-electron chi connectivity index (χ2n) is 9.03. The summed E-state index contributed by atoms with van der Waals surface area (Å²) in [5.74, 6) is 0.883. The van der Waals surface area contributed by atoms with Crippen LogP contribution in [0.15, 0.2) is 91.3 Å². The monoisotopic (exact) mass is 467 g/mol. The quantitative estimate of drug-likeness (QED) is 0.353. The molecule has 0 atom stereocenters. The van der Waals surface area contributed by atoms with Gasteiger partial charge in [-0.15, -0.1) is 0 Å². The van der Waals surface area contributed by atoms with E-state index in [-0.39, 0.29) is 11.8 Å². The first-order chi connectivity index (χ1) is 17.2. The molecule has 0 unspecified atom stereocenters. The van der Waals surface area contributed by atoms with Crippen molar-refractivity contribution in [3.05, 3.63) is 108 Å². The number of hydrogen-bond acceptors (Lipinski definition) is 3. The number of carbonyl (C=O) groups excluding carboxylic acids is 2. The van der Waals surface area contributed by atoms with E-state index in [1.807, 2.05) is 17.0 Å². The first-order valence-electron chi connectivity index (χ1n) is 12.4. The summed E-state index contributed by atoms with van der Waals surface area (Å²) < 4.78 is 0. The Balaban J connectivity index is 1.22. The molecule has 1 aliphatic rings. The molecule has 0 bridgehead atoms. The molecular weight excluding hydrogens is 434 g/mol. The minimum atomic E-state index is -0.157. The van der Waals surface area contributed by atoms with Crippen molar-refractivity contribution in [2.75, 3.05) is 19.6 Å². The van der Waals surface area contributed by atoms with Gasteiger partial charge in [-0.2, -0.15) is 0 Å². The van der Waals surface area contributed by atoms with Crippen LogP contribution in [0.25, 0.3) is 6.08 Å². The van der Waals surface area contributed by atoms with Crippen molar-refractivity contribution in [1.82, 2.24) is 15.2 Å². The lowest BCUT2D eigenvalue weighted by atomic mass is 9.76. The second kappa shape index (κ2) is 12.7. The van der Waals surface area contributed by atoms with Crippen molar-refractivity contribution in [1.29, 1.82) is 0 Å². The molecule has 2 amide bonds. The van der Waals surface area contributed by atoms with E-state index in [0.29, 0.717) is 31.2 Å². The number of aromatic nitrogens is 1. The van der Waals surface area contributed by atoms with E-state index in [9.17, 15) is 9.59 Å². The first kappa shape index (κ1) is 24.4. The Kier molecular flexibility index (Phi) is 8.82. The lowest BCUT2D eigenvalue weighted by Crippen LogP contribution is -2.40. The number of piperidine rings is 1. The highest BCUT2D eigenvalue weighted by Crippen LogP contribution is 2.38. The zero-order chi connectivity index (χ0) is 24.3. The molecule has 180 valence electrons. The number of pyridine rings is 1. The van der Waals surface area contributed by atoms with Crippen LogP contribution >= 0.6 is 0 Å². The number of hydrogen-bond donors (Lipinski definition) is 1. The number of nitrogens with one attached hydrogen (secondary N) is 1. The summed E-state index contributed by atoms with van der Waals surface area (Å²) in [5, 5.41) is 2.85. The second-order valence-corrected chi connectivity index (χ2v) is 9.03. The molecule has 2 aromatic carbocycles. The molecule has 0 spiro atoms. The van der Waals surface area contributed by atoms with Crippen LogP contribution in [0.2, 0.25) is 0 Å². The van der Waals surface area contributed by atoms with Crippen LogP contribution in [-0.4, -0.2) is 41.3 Å². The predicted octanol–water partition coefficient (Wildman–Crippen LogP) is 5.06. The summed E-state index contributed by atoms with van der Waals surface area (Å²) in [4.78, 5) is 30.8. The lowest BCUT2D eigenvalue weighted by Gasteiger charge is -2.36. The zero-order valence-electron chi connectivity index (χ0n) is 20.1. The number of likely N-dealkylation sites (tertiary alicyclic amines) is 1. The van der Waals surface area contributed by atoms with E-state index < -0.39 is 0 Å². The van der Waals surface area contributed by atoms with E-state index in [1.165, 1.54) is 17.2 Å². The van der Waals surface area contributed by atoms with Gasteiger partial charge in [-0.3, -0.25) is 14.6 Å². The van der Waals surface area contributed by atoms with Gasteiger partial charge in [0.15, 0.2) is 0 Å². The molecule has 0 radical (unpaired) electrons. The van der Waals surface area contributed by atoms with E-state index in [1.54, 1.807) is 18.5 Å². The molecule has 5 nitrogen and oxygen atoms in total. The molecule has 1 aliphatic heterocycles. The van der Waals surface area contributed by atoms with Crippen LogP contribution in [0.4, 0.5) is 0 Å². The van der Waals surface area contributed by atoms with Crippen LogP contribution in [-0.2, 0) is 9.59 Å². The summed E-state index contributed by atoms with van der Waals surface area (Å²) in [6.45, 7) is 2.07. The third-order valence-corrected chi connectivity index (χ3v) is 6.66. The highest BCUT2D eigenvalue weighted by molar-refractivity contribution is 5.91. The molecule has 1 N–H and O–H groups in total. The Morgan fingerprint density at radius 1 is 0.943 bits per heavy atom. The Bertz CT molecular complexity index is 1050. The standard InChI is InChI=1S/C30H33N3O2/c34-28(16-15-24-9-7-19-31-23-24)32-20-8-14-29(35)33-21-17-27(18-22-33)30(25-10-3-1-4-11-25)26-12-5-2-6-13-26/h1-7,9-13,15-16,19,23,27,30H,8,14,17-18,20-22H2,(H,32,34)/b16-15-. The maximum absolute atomic E-state index is 12.8. The minimum absolute atomic E-state index is 0.157.